The van der Waals surface area contributed by atoms with Crippen LogP contribution in [0.25, 0.3) is 0 Å². The van der Waals surface area contributed by atoms with Gasteiger partial charge >= 0.3 is 5.97 Å². The van der Waals surface area contributed by atoms with E-state index in [1.54, 1.807) is 12.0 Å². The van der Waals surface area contributed by atoms with Crippen LogP contribution in [0.4, 0.5) is 0 Å². The second kappa shape index (κ2) is 7.97. The number of esters is 1. The summed E-state index contributed by atoms with van der Waals surface area (Å²) in [5, 5.41) is 2.68. The Hall–Kier alpha value is -1.63. The van der Waals surface area contributed by atoms with E-state index in [1.807, 2.05) is 13.8 Å². The van der Waals surface area contributed by atoms with E-state index in [9.17, 15) is 14.4 Å². The van der Waals surface area contributed by atoms with Gasteiger partial charge in [-0.25, -0.2) is 4.79 Å². The molecule has 0 saturated carbocycles. The maximum atomic E-state index is 12.2. The molecule has 1 fully saturated rings. The van der Waals surface area contributed by atoms with Crippen molar-refractivity contribution >= 4 is 17.8 Å². The van der Waals surface area contributed by atoms with Gasteiger partial charge in [-0.2, -0.15) is 0 Å². The molecular formula is C14H24N2O5. The molecule has 1 aliphatic rings. The molecule has 7 nitrogen and oxygen atoms in total. The van der Waals surface area contributed by atoms with Crippen molar-refractivity contribution in [2.24, 2.45) is 11.8 Å². The van der Waals surface area contributed by atoms with Gasteiger partial charge < -0.3 is 19.7 Å². The number of methoxy groups -OCH3 is 2. The Morgan fingerprint density at radius 1 is 1.38 bits per heavy atom. The molecule has 2 unspecified atom stereocenters. The van der Waals surface area contributed by atoms with E-state index in [-0.39, 0.29) is 24.2 Å². The van der Waals surface area contributed by atoms with Gasteiger partial charge in [-0.1, -0.05) is 13.8 Å². The number of nitrogens with one attached hydrogen (secondary N) is 1. The number of carbonyl (C=O) groups is 3. The lowest BCUT2D eigenvalue weighted by Crippen LogP contribution is -2.47. The molecule has 1 saturated heterocycles. The van der Waals surface area contributed by atoms with Crippen LogP contribution < -0.4 is 5.32 Å². The van der Waals surface area contributed by atoms with Crippen molar-refractivity contribution in [2.45, 2.75) is 26.3 Å². The number of nitrogens with zero attached hydrogens (tertiary/aromatic N) is 1. The van der Waals surface area contributed by atoms with E-state index in [0.717, 1.165) is 0 Å². The van der Waals surface area contributed by atoms with Crippen molar-refractivity contribution in [3.8, 4) is 0 Å². The summed E-state index contributed by atoms with van der Waals surface area (Å²) in [6, 6.07) is -0.689. The molecule has 120 valence electrons. The van der Waals surface area contributed by atoms with Crippen molar-refractivity contribution in [3.63, 3.8) is 0 Å². The third kappa shape index (κ3) is 4.70. The highest BCUT2D eigenvalue weighted by atomic mass is 16.5. The predicted molar refractivity (Wildman–Crippen MR) is 75.3 cm³/mol. The lowest BCUT2D eigenvalue weighted by molar-refractivity contribution is -0.146. The van der Waals surface area contributed by atoms with Crippen LogP contribution in [0.3, 0.4) is 0 Å². The fourth-order valence-corrected chi connectivity index (χ4v) is 2.26. The molecule has 0 aromatic carbocycles. The SMILES string of the molecule is COCCN1CC(C(=O)NC(C(=O)OC)C(C)C)CC1=O. The van der Waals surface area contributed by atoms with Gasteiger partial charge in [-0.05, 0) is 5.92 Å². The molecule has 2 amide bonds. The predicted octanol–water partition coefficient (Wildman–Crippen LogP) is -0.205. The second-order valence-electron chi connectivity index (χ2n) is 5.49. The summed E-state index contributed by atoms with van der Waals surface area (Å²) in [6.45, 7) is 4.93. The summed E-state index contributed by atoms with van der Waals surface area (Å²) >= 11 is 0. The van der Waals surface area contributed by atoms with Gasteiger partial charge in [0.2, 0.25) is 11.8 Å². The topological polar surface area (TPSA) is 84.9 Å². The Balaban J connectivity index is 2.59. The number of rotatable bonds is 7. The van der Waals surface area contributed by atoms with Crippen LogP contribution in [-0.2, 0) is 23.9 Å². The molecule has 0 aliphatic carbocycles. The smallest absolute Gasteiger partial charge is 0.328 e. The average molecular weight is 300 g/mol. The molecule has 2 atom stereocenters. The zero-order chi connectivity index (χ0) is 16.0. The summed E-state index contributed by atoms with van der Waals surface area (Å²) in [5.74, 6) is -1.33. The Morgan fingerprint density at radius 2 is 2.05 bits per heavy atom. The van der Waals surface area contributed by atoms with E-state index in [2.05, 4.69) is 10.1 Å². The van der Waals surface area contributed by atoms with Crippen molar-refractivity contribution in [1.29, 1.82) is 0 Å². The first-order valence-electron chi connectivity index (χ1n) is 7.05. The molecule has 7 heteroatoms. The molecule has 0 radical (unpaired) electrons. The molecule has 1 heterocycles. The quantitative estimate of drug-likeness (QED) is 0.658. The van der Waals surface area contributed by atoms with E-state index in [1.165, 1.54) is 7.11 Å². The van der Waals surface area contributed by atoms with Gasteiger partial charge in [0, 0.05) is 26.6 Å². The zero-order valence-corrected chi connectivity index (χ0v) is 13.0. The lowest BCUT2D eigenvalue weighted by Gasteiger charge is -2.22. The molecule has 0 spiro atoms. The standard InChI is InChI=1S/C14H24N2O5/c1-9(2)12(14(19)21-4)15-13(18)10-7-11(17)16(8-10)5-6-20-3/h9-10,12H,5-8H2,1-4H3,(H,15,18). The minimum absolute atomic E-state index is 0.0636. The summed E-state index contributed by atoms with van der Waals surface area (Å²) < 4.78 is 9.62. The molecule has 1 N–H and O–H groups in total. The number of amides is 2. The highest BCUT2D eigenvalue weighted by Gasteiger charge is 2.36. The molecule has 1 aliphatic heterocycles. The second-order valence-corrected chi connectivity index (χ2v) is 5.49. The lowest BCUT2D eigenvalue weighted by atomic mass is 10.0. The first-order valence-corrected chi connectivity index (χ1v) is 7.05. The van der Waals surface area contributed by atoms with Gasteiger partial charge in [0.25, 0.3) is 0 Å². The molecule has 1 rings (SSSR count). The van der Waals surface area contributed by atoms with Crippen LogP contribution in [0.5, 0.6) is 0 Å². The third-order valence-electron chi connectivity index (χ3n) is 3.57. The molecule has 21 heavy (non-hydrogen) atoms. The van der Waals surface area contributed by atoms with E-state index >= 15 is 0 Å². The monoisotopic (exact) mass is 300 g/mol. The van der Waals surface area contributed by atoms with Crippen molar-refractivity contribution in [2.75, 3.05) is 33.9 Å². The maximum Gasteiger partial charge on any atom is 0.328 e. The Morgan fingerprint density at radius 3 is 2.57 bits per heavy atom. The molecule has 0 bridgehead atoms. The van der Waals surface area contributed by atoms with Crippen LogP contribution in [0.15, 0.2) is 0 Å². The summed E-state index contributed by atoms with van der Waals surface area (Å²) in [7, 11) is 2.85. The third-order valence-corrected chi connectivity index (χ3v) is 3.57. The Labute approximate surface area is 124 Å². The number of ether oxygens (including phenoxy) is 2. The van der Waals surface area contributed by atoms with E-state index < -0.39 is 17.9 Å². The Bertz CT molecular complexity index is 397. The number of likely N-dealkylation sites (tertiary alicyclic amines) is 1. The summed E-state index contributed by atoms with van der Waals surface area (Å²) in [4.78, 5) is 37.3. The van der Waals surface area contributed by atoms with Crippen LogP contribution >= 0.6 is 0 Å². The van der Waals surface area contributed by atoms with E-state index in [0.29, 0.717) is 19.7 Å². The molecular weight excluding hydrogens is 276 g/mol. The maximum absolute atomic E-state index is 12.2. The van der Waals surface area contributed by atoms with Gasteiger partial charge in [-0.15, -0.1) is 0 Å². The number of carbonyl (C=O) groups excluding carboxylic acids is 3. The van der Waals surface area contributed by atoms with Gasteiger partial charge in [-0.3, -0.25) is 9.59 Å². The van der Waals surface area contributed by atoms with Gasteiger partial charge in [0.15, 0.2) is 0 Å². The van der Waals surface area contributed by atoms with E-state index in [4.69, 9.17) is 4.74 Å². The molecule has 0 aromatic heterocycles. The van der Waals surface area contributed by atoms with Crippen LogP contribution in [0.2, 0.25) is 0 Å². The Kier molecular flexibility index (Phi) is 6.61. The van der Waals surface area contributed by atoms with Crippen molar-refractivity contribution in [1.82, 2.24) is 10.2 Å². The fraction of sp³-hybridized carbons (Fsp3) is 0.786. The minimum atomic E-state index is -0.689. The highest BCUT2D eigenvalue weighted by Crippen LogP contribution is 2.18. The largest absolute Gasteiger partial charge is 0.467 e. The van der Waals surface area contributed by atoms with Crippen LogP contribution in [0, 0.1) is 11.8 Å². The van der Waals surface area contributed by atoms with Gasteiger partial charge in [0.05, 0.1) is 19.6 Å². The first kappa shape index (κ1) is 17.4. The van der Waals surface area contributed by atoms with Crippen molar-refractivity contribution < 1.29 is 23.9 Å². The summed E-state index contributed by atoms with van der Waals surface area (Å²) in [5.41, 5.74) is 0. The average Bonchev–Trinajstić information content (AvgIpc) is 2.82. The van der Waals surface area contributed by atoms with Crippen molar-refractivity contribution in [3.05, 3.63) is 0 Å². The first-order chi connectivity index (χ1) is 9.90. The molecule has 0 aromatic rings. The van der Waals surface area contributed by atoms with Gasteiger partial charge in [0.1, 0.15) is 6.04 Å². The zero-order valence-electron chi connectivity index (χ0n) is 13.0. The highest BCUT2D eigenvalue weighted by molar-refractivity contribution is 5.91. The fourth-order valence-electron chi connectivity index (χ4n) is 2.26. The van der Waals surface area contributed by atoms with Crippen LogP contribution in [-0.4, -0.2) is 62.6 Å². The summed E-state index contributed by atoms with van der Waals surface area (Å²) in [6.07, 6.45) is 0.168. The minimum Gasteiger partial charge on any atom is -0.467 e. The number of hydrogen-bond donors (Lipinski definition) is 1. The van der Waals surface area contributed by atoms with Crippen LogP contribution in [0.1, 0.15) is 20.3 Å². The number of hydrogen-bond acceptors (Lipinski definition) is 5. The normalized spacial score (nSPS) is 19.8.